The normalized spacial score (nSPS) is 22.5. The molecule has 222 valence electrons. The summed E-state index contributed by atoms with van der Waals surface area (Å²) in [6, 6.07) is 11.1. The third kappa shape index (κ3) is 6.39. The second kappa shape index (κ2) is 12.2. The average molecular weight is 623 g/mol. The van der Waals surface area contributed by atoms with E-state index in [1.54, 1.807) is 4.98 Å². The van der Waals surface area contributed by atoms with E-state index in [0.717, 1.165) is 0 Å². The fraction of sp³-hybridized carbons (Fsp3) is 0.333. The highest BCUT2D eigenvalue weighted by Gasteiger charge is 2.62. The minimum absolute atomic E-state index is 0.0858. The standard InChI is InChI=1S/C24H23ClF3N2O10P/c1-35-13-3-7-15(8-4-13)39-41(34,40-16-9-5-14(36-2)6-10-16)37-12-24(22(27)28)19(31)18(26)21(38-24)30-11-17(25)20(32)29-23(30)33/h3-11,18-19,21-22,31H,12H2,1-2H3,(H,29,32,33)/t18-,19+,21-,24-/m1/s1. The molecule has 0 amide bonds. The molecule has 1 aliphatic rings. The van der Waals surface area contributed by atoms with Crippen molar-refractivity contribution < 1.29 is 50.6 Å². The molecule has 41 heavy (non-hydrogen) atoms. The van der Waals surface area contributed by atoms with Crippen molar-refractivity contribution in [3.05, 3.63) is 80.6 Å². The summed E-state index contributed by atoms with van der Waals surface area (Å²) in [4.78, 5) is 25.6. The van der Waals surface area contributed by atoms with Crippen LogP contribution in [0.3, 0.4) is 0 Å². The van der Waals surface area contributed by atoms with E-state index in [0.29, 0.717) is 22.3 Å². The molecule has 1 aromatic heterocycles. The number of aromatic amines is 1. The zero-order valence-electron chi connectivity index (χ0n) is 21.2. The van der Waals surface area contributed by atoms with Crippen molar-refractivity contribution in [2.75, 3.05) is 20.8 Å². The molecule has 1 saturated heterocycles. The van der Waals surface area contributed by atoms with Gasteiger partial charge in [0.1, 0.15) is 34.1 Å². The highest BCUT2D eigenvalue weighted by atomic mass is 35.5. The first kappa shape index (κ1) is 30.5. The fourth-order valence-electron chi connectivity index (χ4n) is 3.79. The lowest BCUT2D eigenvalue weighted by Gasteiger charge is -2.31. The number of aliphatic hydroxyl groups excluding tert-OH is 1. The first-order valence-electron chi connectivity index (χ1n) is 11.6. The van der Waals surface area contributed by atoms with Crippen molar-refractivity contribution in [3.63, 3.8) is 0 Å². The molecule has 0 spiro atoms. The van der Waals surface area contributed by atoms with E-state index in [9.17, 15) is 28.0 Å². The zero-order valence-corrected chi connectivity index (χ0v) is 22.9. The minimum Gasteiger partial charge on any atom is -0.497 e. The molecule has 0 unspecified atom stereocenters. The summed E-state index contributed by atoms with van der Waals surface area (Å²) >= 11 is 5.69. The van der Waals surface area contributed by atoms with Crippen LogP contribution in [0.5, 0.6) is 23.0 Å². The van der Waals surface area contributed by atoms with Crippen LogP contribution in [0.15, 0.2) is 64.3 Å². The Kier molecular flexibility index (Phi) is 9.04. The van der Waals surface area contributed by atoms with E-state index in [1.807, 2.05) is 0 Å². The van der Waals surface area contributed by atoms with Crippen LogP contribution >= 0.6 is 19.4 Å². The van der Waals surface area contributed by atoms with Gasteiger partial charge < -0.3 is 28.4 Å². The molecule has 17 heteroatoms. The molecule has 1 fully saturated rings. The number of halogens is 4. The Morgan fingerprint density at radius 1 is 1.02 bits per heavy atom. The maximum absolute atomic E-state index is 15.2. The van der Waals surface area contributed by atoms with Crippen LogP contribution in [0.25, 0.3) is 0 Å². The van der Waals surface area contributed by atoms with Gasteiger partial charge in [-0.1, -0.05) is 11.6 Å². The largest absolute Gasteiger partial charge is 0.587 e. The van der Waals surface area contributed by atoms with Crippen LogP contribution in [0.2, 0.25) is 5.02 Å². The molecular formula is C24H23ClF3N2O10P. The molecule has 0 saturated carbocycles. The highest BCUT2D eigenvalue weighted by molar-refractivity contribution is 7.49. The zero-order chi connectivity index (χ0) is 29.9. The second-order valence-corrected chi connectivity index (χ2v) is 10.5. The van der Waals surface area contributed by atoms with E-state index < -0.39 is 61.2 Å². The lowest BCUT2D eigenvalue weighted by atomic mass is 9.97. The van der Waals surface area contributed by atoms with Gasteiger partial charge >= 0.3 is 13.5 Å². The molecular weight excluding hydrogens is 600 g/mol. The fourth-order valence-corrected chi connectivity index (χ4v) is 5.21. The van der Waals surface area contributed by atoms with Crippen LogP contribution in [-0.2, 0) is 13.8 Å². The van der Waals surface area contributed by atoms with Crippen LogP contribution in [0, 0.1) is 0 Å². The number of ether oxygens (including phenoxy) is 3. The highest BCUT2D eigenvalue weighted by Crippen LogP contribution is 2.52. The molecule has 2 N–H and O–H groups in total. The number of nitrogens with one attached hydrogen (secondary N) is 1. The third-order valence-corrected chi connectivity index (χ3v) is 7.57. The van der Waals surface area contributed by atoms with Gasteiger partial charge in [-0.3, -0.25) is 18.9 Å². The van der Waals surface area contributed by atoms with Crippen LogP contribution in [0.1, 0.15) is 6.23 Å². The summed E-state index contributed by atoms with van der Waals surface area (Å²) < 4.78 is 89.5. The smallest absolute Gasteiger partial charge is 0.497 e. The summed E-state index contributed by atoms with van der Waals surface area (Å²) in [6.07, 6.45) is -10.4. The molecule has 4 rings (SSSR count). The molecule has 12 nitrogen and oxygen atoms in total. The number of phosphoric acid groups is 1. The Hall–Kier alpha value is -3.49. The first-order valence-corrected chi connectivity index (χ1v) is 13.5. The van der Waals surface area contributed by atoms with E-state index in [1.165, 1.54) is 62.8 Å². The molecule has 2 aromatic carbocycles. The van der Waals surface area contributed by atoms with E-state index >= 15 is 4.39 Å². The van der Waals surface area contributed by atoms with Gasteiger partial charge in [-0.05, 0) is 48.5 Å². The van der Waals surface area contributed by atoms with Crippen molar-refractivity contribution in [2.24, 2.45) is 0 Å². The topological polar surface area (TPSA) is 148 Å². The number of H-pyrrole nitrogens is 1. The van der Waals surface area contributed by atoms with Crippen molar-refractivity contribution >= 4 is 19.4 Å². The summed E-state index contributed by atoms with van der Waals surface area (Å²) in [5, 5.41) is 9.96. The summed E-state index contributed by atoms with van der Waals surface area (Å²) in [5.74, 6) is 0.663. The summed E-state index contributed by atoms with van der Waals surface area (Å²) in [6.45, 7) is -1.43. The van der Waals surface area contributed by atoms with Crippen molar-refractivity contribution in [1.82, 2.24) is 9.55 Å². The van der Waals surface area contributed by atoms with Crippen molar-refractivity contribution in [3.8, 4) is 23.0 Å². The lowest BCUT2D eigenvalue weighted by molar-refractivity contribution is -0.193. The number of benzene rings is 2. The molecule has 1 aliphatic heterocycles. The predicted molar refractivity (Wildman–Crippen MR) is 137 cm³/mol. The number of aromatic nitrogens is 2. The van der Waals surface area contributed by atoms with Crippen LogP contribution < -0.4 is 29.8 Å². The van der Waals surface area contributed by atoms with Gasteiger partial charge in [0.05, 0.1) is 20.8 Å². The van der Waals surface area contributed by atoms with Crippen LogP contribution in [-0.4, -0.2) is 59.8 Å². The first-order chi connectivity index (χ1) is 19.4. The monoisotopic (exact) mass is 622 g/mol. The minimum atomic E-state index is -4.87. The van der Waals surface area contributed by atoms with Crippen molar-refractivity contribution in [2.45, 2.75) is 30.5 Å². The Bertz CT molecular complexity index is 1470. The van der Waals surface area contributed by atoms with E-state index in [4.69, 9.17) is 39.4 Å². The molecule has 0 bridgehead atoms. The number of aliphatic hydroxyl groups is 1. The Labute approximate surface area is 234 Å². The Balaban J connectivity index is 1.65. The number of methoxy groups -OCH3 is 2. The van der Waals surface area contributed by atoms with Crippen LogP contribution in [0.4, 0.5) is 13.2 Å². The number of nitrogens with zero attached hydrogens (tertiary/aromatic N) is 1. The quantitative estimate of drug-likeness (QED) is 0.303. The number of hydrogen-bond donors (Lipinski definition) is 2. The van der Waals surface area contributed by atoms with Gasteiger partial charge in [0, 0.05) is 6.20 Å². The summed E-state index contributed by atoms with van der Waals surface area (Å²) in [7, 11) is -2.05. The third-order valence-electron chi connectivity index (χ3n) is 5.98. The van der Waals surface area contributed by atoms with Gasteiger partial charge in [-0.15, -0.1) is 0 Å². The number of alkyl halides is 3. The lowest BCUT2D eigenvalue weighted by Crippen LogP contribution is -2.52. The predicted octanol–water partition coefficient (Wildman–Crippen LogP) is 3.72. The maximum atomic E-state index is 15.2. The SMILES string of the molecule is COc1ccc(OP(=O)(OC[C@@]2(C(F)F)O[C@@H](n3cc(Cl)c(=O)[nH]c3=O)[C@H](F)[C@@H]2O)Oc2ccc(OC)cc2)cc1. The maximum Gasteiger partial charge on any atom is 0.587 e. The van der Waals surface area contributed by atoms with Gasteiger partial charge in [0.15, 0.2) is 18.0 Å². The van der Waals surface area contributed by atoms with E-state index in [2.05, 4.69) is 0 Å². The Morgan fingerprint density at radius 2 is 1.51 bits per heavy atom. The van der Waals surface area contributed by atoms with Gasteiger partial charge in [-0.2, -0.15) is 0 Å². The number of phosphoric ester groups is 1. The van der Waals surface area contributed by atoms with Crippen molar-refractivity contribution in [1.29, 1.82) is 0 Å². The molecule has 3 aromatic rings. The number of hydrogen-bond acceptors (Lipinski definition) is 10. The Morgan fingerprint density at radius 3 is 1.98 bits per heavy atom. The van der Waals surface area contributed by atoms with Gasteiger partial charge in [0.2, 0.25) is 0 Å². The molecule has 0 aliphatic carbocycles. The molecule has 0 radical (unpaired) electrons. The van der Waals surface area contributed by atoms with Gasteiger partial charge in [-0.25, -0.2) is 22.5 Å². The second-order valence-electron chi connectivity index (χ2n) is 8.55. The van der Waals surface area contributed by atoms with E-state index in [-0.39, 0.29) is 11.5 Å². The summed E-state index contributed by atoms with van der Waals surface area (Å²) in [5.41, 5.74) is -5.44. The number of rotatable bonds is 11. The average Bonchev–Trinajstić information content (AvgIpc) is 3.21. The molecule has 4 atom stereocenters. The molecule has 2 heterocycles. The van der Waals surface area contributed by atoms with Gasteiger partial charge in [0.25, 0.3) is 12.0 Å².